The third kappa shape index (κ3) is 5.13. The molecule has 2 N–H and O–H groups in total. The Hall–Kier alpha value is -2.30. The van der Waals surface area contributed by atoms with E-state index in [0.29, 0.717) is 11.8 Å². The summed E-state index contributed by atoms with van der Waals surface area (Å²) in [4.78, 5) is 25.0. The number of piperidine rings is 1. The average molecular weight is 316 g/mol. The van der Waals surface area contributed by atoms with Crippen molar-refractivity contribution in [1.29, 1.82) is 0 Å². The fourth-order valence-corrected chi connectivity index (χ4v) is 2.81. The summed E-state index contributed by atoms with van der Waals surface area (Å²) in [7, 11) is 0. The molecule has 1 heterocycles. The van der Waals surface area contributed by atoms with Crippen LogP contribution in [0.2, 0.25) is 0 Å². The lowest BCUT2D eigenvalue weighted by Gasteiger charge is -2.34. The Morgan fingerprint density at radius 2 is 2.04 bits per heavy atom. The molecule has 0 radical (unpaired) electrons. The molecule has 5 heteroatoms. The van der Waals surface area contributed by atoms with E-state index in [1.54, 1.807) is 18.2 Å². The highest BCUT2D eigenvalue weighted by molar-refractivity contribution is 5.92. The number of rotatable bonds is 6. The number of nitrogens with two attached hydrogens (primary N) is 1. The third-order valence-corrected chi connectivity index (χ3v) is 4.06. The van der Waals surface area contributed by atoms with E-state index >= 15 is 0 Å². The quantitative estimate of drug-likeness (QED) is 0.819. The van der Waals surface area contributed by atoms with Crippen LogP contribution in [0.4, 0.5) is 0 Å². The molecule has 2 rings (SSSR count). The predicted octanol–water partition coefficient (Wildman–Crippen LogP) is 2.36. The van der Waals surface area contributed by atoms with Gasteiger partial charge in [0.25, 0.3) is 5.91 Å². The van der Waals surface area contributed by atoms with Crippen LogP contribution < -0.4 is 10.5 Å². The van der Waals surface area contributed by atoms with Crippen molar-refractivity contribution < 1.29 is 14.3 Å². The fourth-order valence-electron chi connectivity index (χ4n) is 2.81. The largest absolute Gasteiger partial charge is 0.484 e. The maximum Gasteiger partial charge on any atom is 0.255 e. The minimum absolute atomic E-state index is 0.0746. The Labute approximate surface area is 137 Å². The van der Waals surface area contributed by atoms with Gasteiger partial charge >= 0.3 is 0 Å². The number of amides is 2. The number of likely N-dealkylation sites (tertiary alicyclic amines) is 1. The highest BCUT2D eigenvalue weighted by atomic mass is 16.5. The Bertz CT molecular complexity index is 566. The first-order valence-corrected chi connectivity index (χ1v) is 8.10. The summed E-state index contributed by atoms with van der Waals surface area (Å²) in [5, 5.41) is 0. The molecular weight excluding hydrogens is 292 g/mol. The summed E-state index contributed by atoms with van der Waals surface area (Å²) in [5.41, 5.74) is 5.94. The number of benzene rings is 1. The Morgan fingerprint density at radius 1 is 1.30 bits per heavy atom. The second kappa shape index (κ2) is 8.36. The molecular formula is C18H24N2O3. The molecule has 1 fully saturated rings. The van der Waals surface area contributed by atoms with Crippen molar-refractivity contribution in [1.82, 2.24) is 4.90 Å². The smallest absolute Gasteiger partial charge is 0.255 e. The molecule has 1 atom stereocenters. The lowest BCUT2D eigenvalue weighted by molar-refractivity contribution is -0.129. The summed E-state index contributed by atoms with van der Waals surface area (Å²) in [6.07, 6.45) is 7.84. The zero-order chi connectivity index (χ0) is 16.7. The van der Waals surface area contributed by atoms with Gasteiger partial charge in [-0.3, -0.25) is 9.59 Å². The zero-order valence-electron chi connectivity index (χ0n) is 13.5. The number of nitrogens with zero attached hydrogens (tertiary/aromatic N) is 1. The highest BCUT2D eigenvalue weighted by Gasteiger charge is 2.23. The van der Waals surface area contributed by atoms with Crippen molar-refractivity contribution in [3.63, 3.8) is 0 Å². The van der Waals surface area contributed by atoms with Gasteiger partial charge in [-0.25, -0.2) is 0 Å². The monoisotopic (exact) mass is 316 g/mol. The van der Waals surface area contributed by atoms with Crippen LogP contribution in [-0.4, -0.2) is 35.9 Å². The van der Waals surface area contributed by atoms with E-state index in [9.17, 15) is 9.59 Å². The Morgan fingerprint density at radius 3 is 2.70 bits per heavy atom. The van der Waals surface area contributed by atoms with Crippen molar-refractivity contribution in [3.05, 3.63) is 35.9 Å². The zero-order valence-corrected chi connectivity index (χ0v) is 13.5. The minimum Gasteiger partial charge on any atom is -0.484 e. The molecule has 1 saturated heterocycles. The molecule has 1 aromatic rings. The topological polar surface area (TPSA) is 72.6 Å². The number of carbonyl (C=O) groups is 2. The molecule has 0 aliphatic carbocycles. The number of primary amides is 1. The van der Waals surface area contributed by atoms with Gasteiger partial charge in [0.1, 0.15) is 5.75 Å². The van der Waals surface area contributed by atoms with Crippen LogP contribution in [-0.2, 0) is 9.59 Å². The molecule has 2 amide bonds. The van der Waals surface area contributed by atoms with Gasteiger partial charge in [0.15, 0.2) is 6.61 Å². The molecule has 1 unspecified atom stereocenters. The van der Waals surface area contributed by atoms with E-state index in [1.807, 2.05) is 23.1 Å². The lowest BCUT2D eigenvalue weighted by Crippen LogP contribution is -2.42. The van der Waals surface area contributed by atoms with Crippen molar-refractivity contribution in [2.24, 2.45) is 5.73 Å². The van der Waals surface area contributed by atoms with Gasteiger partial charge in [0.05, 0.1) is 0 Å². The van der Waals surface area contributed by atoms with Crippen molar-refractivity contribution in [2.45, 2.75) is 38.6 Å². The highest BCUT2D eigenvalue weighted by Crippen LogP contribution is 2.20. The summed E-state index contributed by atoms with van der Waals surface area (Å²) >= 11 is 0. The molecule has 0 bridgehead atoms. The molecule has 23 heavy (non-hydrogen) atoms. The number of hydrogen-bond acceptors (Lipinski definition) is 3. The predicted molar refractivity (Wildman–Crippen MR) is 89.8 cm³/mol. The van der Waals surface area contributed by atoms with E-state index in [-0.39, 0.29) is 12.5 Å². The van der Waals surface area contributed by atoms with Crippen LogP contribution in [0.3, 0.4) is 0 Å². The van der Waals surface area contributed by atoms with Crippen LogP contribution in [0, 0.1) is 0 Å². The van der Waals surface area contributed by atoms with E-state index < -0.39 is 5.91 Å². The van der Waals surface area contributed by atoms with Gasteiger partial charge in [-0.1, -0.05) is 19.1 Å². The minimum atomic E-state index is -0.508. The Balaban J connectivity index is 1.93. The van der Waals surface area contributed by atoms with Crippen LogP contribution in [0.5, 0.6) is 5.75 Å². The maximum absolute atomic E-state index is 12.3. The molecule has 0 spiro atoms. The van der Waals surface area contributed by atoms with Gasteiger partial charge in [0, 0.05) is 18.7 Å². The van der Waals surface area contributed by atoms with Crippen LogP contribution >= 0.6 is 0 Å². The fraction of sp³-hybridized carbons (Fsp3) is 0.444. The molecule has 1 aliphatic heterocycles. The average Bonchev–Trinajstić information content (AvgIpc) is 2.58. The molecule has 5 nitrogen and oxygen atoms in total. The summed E-state index contributed by atoms with van der Waals surface area (Å²) in [5.74, 6) is 0.145. The summed E-state index contributed by atoms with van der Waals surface area (Å²) < 4.78 is 5.20. The van der Waals surface area contributed by atoms with Gasteiger partial charge in [-0.15, -0.1) is 0 Å². The maximum atomic E-state index is 12.3. The van der Waals surface area contributed by atoms with Crippen molar-refractivity contribution in [3.8, 4) is 5.75 Å². The van der Waals surface area contributed by atoms with Gasteiger partial charge in [-0.05, 0) is 49.5 Å². The van der Waals surface area contributed by atoms with Gasteiger partial charge in [0.2, 0.25) is 5.91 Å². The number of ether oxygens (including phenoxy) is 1. The molecule has 124 valence electrons. The molecule has 0 aromatic heterocycles. The number of carbonyl (C=O) groups excluding carboxylic acids is 2. The van der Waals surface area contributed by atoms with E-state index in [4.69, 9.17) is 10.5 Å². The normalized spacial score (nSPS) is 18.1. The van der Waals surface area contributed by atoms with Gasteiger partial charge in [-0.2, -0.15) is 0 Å². The molecule has 0 saturated carbocycles. The standard InChI is InChI=1S/C18H24N2O3/c1-2-15-5-3-4-12-20(15)18(22)11-8-14-6-9-16(10-7-14)23-13-17(19)21/h6-11,15H,2-5,12-13H2,1H3,(H2,19,21). The van der Waals surface area contributed by atoms with Crippen LogP contribution in [0.15, 0.2) is 30.3 Å². The van der Waals surface area contributed by atoms with Crippen LogP contribution in [0.1, 0.15) is 38.2 Å². The molecule has 1 aromatic carbocycles. The SMILES string of the molecule is CCC1CCCCN1C(=O)C=Cc1ccc(OCC(N)=O)cc1. The summed E-state index contributed by atoms with van der Waals surface area (Å²) in [6.45, 7) is 2.84. The molecule has 1 aliphatic rings. The van der Waals surface area contributed by atoms with Crippen molar-refractivity contribution >= 4 is 17.9 Å². The van der Waals surface area contributed by atoms with E-state index in [2.05, 4.69) is 6.92 Å². The number of hydrogen-bond donors (Lipinski definition) is 1. The first kappa shape index (κ1) is 17.1. The van der Waals surface area contributed by atoms with Crippen molar-refractivity contribution in [2.75, 3.05) is 13.2 Å². The van der Waals surface area contributed by atoms with E-state index in [1.165, 1.54) is 6.42 Å². The second-order valence-electron chi connectivity index (χ2n) is 5.75. The first-order chi connectivity index (χ1) is 11.1. The van der Waals surface area contributed by atoms with E-state index in [0.717, 1.165) is 31.4 Å². The van der Waals surface area contributed by atoms with Crippen LogP contribution in [0.25, 0.3) is 6.08 Å². The summed E-state index contributed by atoms with van der Waals surface area (Å²) in [6, 6.07) is 7.55. The first-order valence-electron chi connectivity index (χ1n) is 8.10. The van der Waals surface area contributed by atoms with Gasteiger partial charge < -0.3 is 15.4 Å². The lowest BCUT2D eigenvalue weighted by atomic mass is 10.00. The third-order valence-electron chi connectivity index (χ3n) is 4.06. The second-order valence-corrected chi connectivity index (χ2v) is 5.75. The Kier molecular flexibility index (Phi) is 6.20.